The van der Waals surface area contributed by atoms with Crippen molar-refractivity contribution in [3.63, 3.8) is 0 Å². The highest BCUT2D eigenvalue weighted by Crippen LogP contribution is 2.38. The molecule has 0 saturated carbocycles. The number of hydrogen-bond donors (Lipinski definition) is 2. The van der Waals surface area contributed by atoms with E-state index in [0.29, 0.717) is 11.3 Å². The molecule has 0 aliphatic carbocycles. The summed E-state index contributed by atoms with van der Waals surface area (Å²) in [6.45, 7) is -0.451. The van der Waals surface area contributed by atoms with Gasteiger partial charge in [-0.05, 0) is 18.2 Å². The van der Waals surface area contributed by atoms with Gasteiger partial charge in [-0.25, -0.2) is 0 Å². The normalized spacial score (nSPS) is 10.8. The van der Waals surface area contributed by atoms with Gasteiger partial charge >= 0.3 is 0 Å². The van der Waals surface area contributed by atoms with Crippen molar-refractivity contribution in [2.24, 2.45) is 0 Å². The number of para-hydroxylation sites is 1. The largest absolute Gasteiger partial charge is 0.504 e. The molecule has 0 radical (unpaired) electrons. The van der Waals surface area contributed by atoms with E-state index >= 15 is 0 Å². The van der Waals surface area contributed by atoms with Gasteiger partial charge in [0.2, 0.25) is 0 Å². The third-order valence-corrected chi connectivity index (χ3v) is 3.81. The summed E-state index contributed by atoms with van der Waals surface area (Å²) >= 11 is 0. The standard InChI is InChI=1S/C18H16O6/c1-22-14-6-4-3-5-10(14)16-8-13(20)11-7-15(23-2)12(9-19)17(21)18(11)24-16/h3-8,19,21H,9H2,1-2H3. The maximum atomic E-state index is 12.5. The van der Waals surface area contributed by atoms with Gasteiger partial charge < -0.3 is 24.1 Å². The zero-order valence-corrected chi connectivity index (χ0v) is 13.2. The molecule has 2 N–H and O–H groups in total. The summed E-state index contributed by atoms with van der Waals surface area (Å²) in [6.07, 6.45) is 0. The first-order chi connectivity index (χ1) is 11.6. The van der Waals surface area contributed by atoms with Gasteiger partial charge in [0.25, 0.3) is 0 Å². The van der Waals surface area contributed by atoms with E-state index in [2.05, 4.69) is 0 Å². The van der Waals surface area contributed by atoms with Crippen LogP contribution in [0.1, 0.15) is 5.56 Å². The lowest BCUT2D eigenvalue weighted by atomic mass is 10.1. The molecule has 124 valence electrons. The number of aliphatic hydroxyl groups excluding tert-OH is 1. The summed E-state index contributed by atoms with van der Waals surface area (Å²) in [5.74, 6) is 0.699. The van der Waals surface area contributed by atoms with Gasteiger partial charge in [-0.3, -0.25) is 4.79 Å². The molecule has 3 rings (SSSR count). The first-order valence-corrected chi connectivity index (χ1v) is 7.21. The molecule has 1 aromatic heterocycles. The summed E-state index contributed by atoms with van der Waals surface area (Å²) in [6, 6.07) is 9.85. The SMILES string of the molecule is COc1ccccc1-c1cc(=O)c2cc(OC)c(CO)c(O)c2o1. The van der Waals surface area contributed by atoms with Gasteiger partial charge in [-0.1, -0.05) is 12.1 Å². The van der Waals surface area contributed by atoms with E-state index in [1.165, 1.54) is 26.4 Å². The van der Waals surface area contributed by atoms with Gasteiger partial charge in [0, 0.05) is 6.07 Å². The maximum absolute atomic E-state index is 12.5. The van der Waals surface area contributed by atoms with Gasteiger partial charge in [-0.15, -0.1) is 0 Å². The Balaban J connectivity index is 2.35. The topological polar surface area (TPSA) is 89.1 Å². The van der Waals surface area contributed by atoms with Crippen LogP contribution in [0.15, 0.2) is 45.6 Å². The van der Waals surface area contributed by atoms with Crippen LogP contribution in [-0.4, -0.2) is 24.4 Å². The fourth-order valence-corrected chi connectivity index (χ4v) is 2.60. The second-order valence-electron chi connectivity index (χ2n) is 5.12. The molecule has 0 saturated heterocycles. The molecule has 3 aromatic rings. The average molecular weight is 328 g/mol. The predicted molar refractivity (Wildman–Crippen MR) is 88.6 cm³/mol. The highest BCUT2D eigenvalue weighted by Gasteiger charge is 2.19. The summed E-state index contributed by atoms with van der Waals surface area (Å²) in [7, 11) is 2.91. The molecule has 6 nitrogen and oxygen atoms in total. The fourth-order valence-electron chi connectivity index (χ4n) is 2.60. The number of aromatic hydroxyl groups is 1. The second-order valence-corrected chi connectivity index (χ2v) is 5.12. The molecule has 1 heterocycles. The van der Waals surface area contributed by atoms with Crippen molar-refractivity contribution >= 4 is 11.0 Å². The number of hydrogen-bond acceptors (Lipinski definition) is 6. The molecule has 0 fully saturated rings. The highest BCUT2D eigenvalue weighted by molar-refractivity contribution is 5.87. The number of methoxy groups -OCH3 is 2. The molecule has 0 aliphatic heterocycles. The van der Waals surface area contributed by atoms with Crippen LogP contribution in [0.25, 0.3) is 22.3 Å². The minimum absolute atomic E-state index is 0.00624. The lowest BCUT2D eigenvalue weighted by Crippen LogP contribution is -2.03. The quantitative estimate of drug-likeness (QED) is 0.765. The first kappa shape index (κ1) is 15.9. The summed E-state index contributed by atoms with van der Waals surface area (Å²) in [5.41, 5.74) is 0.397. The van der Waals surface area contributed by atoms with E-state index in [-0.39, 0.29) is 39.2 Å². The summed E-state index contributed by atoms with van der Waals surface area (Å²) in [4.78, 5) is 12.5. The molecule has 0 aliphatic rings. The van der Waals surface area contributed by atoms with E-state index in [1.807, 2.05) is 0 Å². The van der Waals surface area contributed by atoms with Crippen LogP contribution in [-0.2, 0) is 6.61 Å². The van der Waals surface area contributed by atoms with Gasteiger partial charge in [0.15, 0.2) is 16.8 Å². The third kappa shape index (κ3) is 2.47. The van der Waals surface area contributed by atoms with Crippen molar-refractivity contribution < 1.29 is 24.1 Å². The molecule has 0 amide bonds. The van der Waals surface area contributed by atoms with E-state index in [0.717, 1.165) is 0 Å². The van der Waals surface area contributed by atoms with Crippen molar-refractivity contribution in [3.05, 3.63) is 52.2 Å². The van der Waals surface area contributed by atoms with Crippen LogP contribution in [0.3, 0.4) is 0 Å². The van der Waals surface area contributed by atoms with Crippen LogP contribution < -0.4 is 14.9 Å². The molecule has 0 spiro atoms. The summed E-state index contributed by atoms with van der Waals surface area (Å²) in [5, 5.41) is 20.0. The van der Waals surface area contributed by atoms with Gasteiger partial charge in [0.05, 0.1) is 37.3 Å². The number of phenols is 1. The molecule has 0 atom stereocenters. The molecular weight excluding hydrogens is 312 g/mol. The molecular formula is C18H16O6. The monoisotopic (exact) mass is 328 g/mol. The number of rotatable bonds is 4. The minimum Gasteiger partial charge on any atom is -0.504 e. The van der Waals surface area contributed by atoms with E-state index in [1.54, 1.807) is 24.3 Å². The van der Waals surface area contributed by atoms with Crippen molar-refractivity contribution in [1.82, 2.24) is 0 Å². The molecule has 24 heavy (non-hydrogen) atoms. The van der Waals surface area contributed by atoms with Crippen LogP contribution in [0, 0.1) is 0 Å². The Labute approximate surface area is 137 Å². The Kier molecular flexibility index (Phi) is 4.14. The average Bonchev–Trinajstić information content (AvgIpc) is 2.61. The van der Waals surface area contributed by atoms with E-state index < -0.39 is 6.61 Å². The van der Waals surface area contributed by atoms with Crippen molar-refractivity contribution in [2.45, 2.75) is 6.61 Å². The molecule has 0 bridgehead atoms. The van der Waals surface area contributed by atoms with Crippen molar-refractivity contribution in [3.8, 4) is 28.6 Å². The van der Waals surface area contributed by atoms with Gasteiger partial charge in [-0.2, -0.15) is 0 Å². The molecule has 2 aromatic carbocycles. The Morgan fingerprint density at radius 1 is 1.08 bits per heavy atom. The van der Waals surface area contributed by atoms with Crippen LogP contribution >= 0.6 is 0 Å². The lowest BCUT2D eigenvalue weighted by molar-refractivity contribution is 0.267. The van der Waals surface area contributed by atoms with Gasteiger partial charge in [0.1, 0.15) is 17.3 Å². The molecule has 6 heteroatoms. The van der Waals surface area contributed by atoms with Crippen molar-refractivity contribution in [2.75, 3.05) is 14.2 Å². The molecule has 0 unspecified atom stereocenters. The Morgan fingerprint density at radius 2 is 1.79 bits per heavy atom. The third-order valence-electron chi connectivity index (χ3n) is 3.81. The zero-order chi connectivity index (χ0) is 17.3. The Hall–Kier alpha value is -2.99. The van der Waals surface area contributed by atoms with E-state index in [9.17, 15) is 15.0 Å². The summed E-state index contributed by atoms with van der Waals surface area (Å²) < 4.78 is 16.1. The number of aliphatic hydroxyl groups is 1. The fraction of sp³-hybridized carbons (Fsp3) is 0.167. The Morgan fingerprint density at radius 3 is 2.46 bits per heavy atom. The van der Waals surface area contributed by atoms with Crippen molar-refractivity contribution in [1.29, 1.82) is 0 Å². The van der Waals surface area contributed by atoms with Crippen LogP contribution in [0.4, 0.5) is 0 Å². The number of ether oxygens (including phenoxy) is 2. The van der Waals surface area contributed by atoms with Crippen LogP contribution in [0.5, 0.6) is 17.2 Å². The van der Waals surface area contributed by atoms with E-state index in [4.69, 9.17) is 13.9 Å². The maximum Gasteiger partial charge on any atom is 0.193 e. The highest BCUT2D eigenvalue weighted by atomic mass is 16.5. The van der Waals surface area contributed by atoms with Crippen LogP contribution in [0.2, 0.25) is 0 Å². The first-order valence-electron chi connectivity index (χ1n) is 7.21. The Bertz CT molecular complexity index is 958. The smallest absolute Gasteiger partial charge is 0.193 e. The second kappa shape index (κ2) is 6.25. The predicted octanol–water partition coefficient (Wildman–Crippen LogP) is 2.68. The number of fused-ring (bicyclic) bond motifs is 1. The number of benzene rings is 2. The zero-order valence-electron chi connectivity index (χ0n) is 13.2. The lowest BCUT2D eigenvalue weighted by Gasteiger charge is -2.12. The minimum atomic E-state index is -0.451.